The molecule has 2 aromatic rings. The molecule has 7 heteroatoms. The van der Waals surface area contributed by atoms with Gasteiger partial charge in [0, 0.05) is 31.9 Å². The summed E-state index contributed by atoms with van der Waals surface area (Å²) < 4.78 is 4.93. The van der Waals surface area contributed by atoms with Gasteiger partial charge in [0.2, 0.25) is 0 Å². The van der Waals surface area contributed by atoms with Gasteiger partial charge in [0.15, 0.2) is 0 Å². The number of aliphatic imine (C=N–C) groups is 1. The van der Waals surface area contributed by atoms with Crippen LogP contribution in [0.1, 0.15) is 37.0 Å². The molecule has 0 fully saturated rings. The van der Waals surface area contributed by atoms with Crippen LogP contribution < -0.4 is 9.64 Å². The molecule has 0 atom stereocenters. The largest absolute Gasteiger partial charge is 0.497 e. The van der Waals surface area contributed by atoms with E-state index in [0.29, 0.717) is 0 Å². The number of methoxy groups -OCH3 is 1. The minimum absolute atomic E-state index is 0.0267. The van der Waals surface area contributed by atoms with Crippen LogP contribution in [0.15, 0.2) is 52.6 Å². The highest BCUT2D eigenvalue weighted by atomic mass is 32.2. The summed E-state index contributed by atoms with van der Waals surface area (Å²) in [6, 6.07) is 14.5. The number of amides is 1. The Labute approximate surface area is 188 Å². The maximum atomic E-state index is 12.1. The van der Waals surface area contributed by atoms with Crippen molar-refractivity contribution in [1.29, 1.82) is 0 Å². The second-order valence-electron chi connectivity index (χ2n) is 8.22. The van der Waals surface area contributed by atoms with E-state index in [2.05, 4.69) is 47.0 Å². The van der Waals surface area contributed by atoms with Gasteiger partial charge in [0.05, 0.1) is 17.6 Å². The van der Waals surface area contributed by atoms with Crippen molar-refractivity contribution in [2.45, 2.75) is 31.4 Å². The van der Waals surface area contributed by atoms with Crippen molar-refractivity contribution in [1.82, 2.24) is 5.01 Å². The Balaban J connectivity index is 1.70. The number of hydrogen-bond acceptors (Lipinski definition) is 5. The SMILES string of the molecule is C/N=C(/c1ccc(OC)cc1)N1CCCc2cc(C3=NN(C)C(=O)SC3(C)C)ccc21. The molecule has 0 aliphatic carbocycles. The van der Waals surface area contributed by atoms with E-state index in [1.165, 1.54) is 28.0 Å². The molecule has 6 nitrogen and oxygen atoms in total. The fourth-order valence-electron chi connectivity index (χ4n) is 4.16. The third-order valence-electron chi connectivity index (χ3n) is 5.71. The molecule has 31 heavy (non-hydrogen) atoms. The van der Waals surface area contributed by atoms with Crippen molar-refractivity contribution in [3.8, 4) is 5.75 Å². The highest BCUT2D eigenvalue weighted by Crippen LogP contribution is 2.37. The topological polar surface area (TPSA) is 57.5 Å². The van der Waals surface area contributed by atoms with Crippen molar-refractivity contribution in [2.75, 3.05) is 32.6 Å². The molecule has 0 bridgehead atoms. The molecule has 0 spiro atoms. The zero-order chi connectivity index (χ0) is 22.2. The van der Waals surface area contributed by atoms with E-state index in [1.807, 2.05) is 31.3 Å². The minimum atomic E-state index is -0.370. The summed E-state index contributed by atoms with van der Waals surface area (Å²) in [5.41, 5.74) is 5.52. The standard InChI is InChI=1S/C24H28N4O2S/c1-24(2)21(26-27(4)23(29)31-24)18-10-13-20-17(15-18)7-6-14-28(20)22(25-3)16-8-11-19(30-5)12-9-16/h8-13,15H,6-7,14H2,1-5H3/b25-22-. The second-order valence-corrected chi connectivity index (χ2v) is 9.80. The van der Waals surface area contributed by atoms with Gasteiger partial charge in [0.1, 0.15) is 11.6 Å². The lowest BCUT2D eigenvalue weighted by molar-refractivity contribution is 0.234. The number of amidine groups is 1. The van der Waals surface area contributed by atoms with Crippen LogP contribution in [0.2, 0.25) is 0 Å². The smallest absolute Gasteiger partial charge is 0.302 e. The van der Waals surface area contributed by atoms with Crippen LogP contribution in [-0.2, 0) is 6.42 Å². The lowest BCUT2D eigenvalue weighted by Gasteiger charge is -2.35. The van der Waals surface area contributed by atoms with E-state index in [-0.39, 0.29) is 9.99 Å². The average molecular weight is 437 g/mol. The van der Waals surface area contributed by atoms with Crippen LogP contribution in [-0.4, -0.2) is 54.3 Å². The summed E-state index contributed by atoms with van der Waals surface area (Å²) in [5.74, 6) is 1.78. The summed E-state index contributed by atoms with van der Waals surface area (Å²) in [7, 11) is 5.22. The maximum Gasteiger partial charge on any atom is 0.302 e. The van der Waals surface area contributed by atoms with Gasteiger partial charge >= 0.3 is 5.24 Å². The lowest BCUT2D eigenvalue weighted by Crippen LogP contribution is -2.40. The predicted molar refractivity (Wildman–Crippen MR) is 129 cm³/mol. The molecular formula is C24H28N4O2S. The van der Waals surface area contributed by atoms with Crippen molar-refractivity contribution in [2.24, 2.45) is 10.1 Å². The number of hydrogen-bond donors (Lipinski definition) is 0. The van der Waals surface area contributed by atoms with Gasteiger partial charge in [0.25, 0.3) is 0 Å². The number of hydrazone groups is 1. The van der Waals surface area contributed by atoms with Crippen molar-refractivity contribution in [3.63, 3.8) is 0 Å². The third-order valence-corrected chi connectivity index (χ3v) is 6.86. The molecule has 162 valence electrons. The zero-order valence-corrected chi connectivity index (χ0v) is 19.5. The van der Waals surface area contributed by atoms with Gasteiger partial charge in [-0.1, -0.05) is 17.8 Å². The maximum absolute atomic E-state index is 12.1. The first kappa shape index (κ1) is 21.4. The number of thioether (sulfide) groups is 1. The van der Waals surface area contributed by atoms with Gasteiger partial charge in [-0.25, -0.2) is 5.01 Å². The van der Waals surface area contributed by atoms with Crippen LogP contribution in [0.5, 0.6) is 5.75 Å². The molecule has 0 radical (unpaired) electrons. The van der Waals surface area contributed by atoms with Gasteiger partial charge in [-0.3, -0.25) is 9.79 Å². The number of carbonyl (C=O) groups is 1. The summed E-state index contributed by atoms with van der Waals surface area (Å²) in [6.45, 7) is 5.03. The van der Waals surface area contributed by atoms with E-state index >= 15 is 0 Å². The summed E-state index contributed by atoms with van der Waals surface area (Å²) in [6.07, 6.45) is 2.06. The molecule has 2 aromatic carbocycles. The van der Waals surface area contributed by atoms with Crippen molar-refractivity contribution >= 4 is 34.2 Å². The van der Waals surface area contributed by atoms with E-state index in [0.717, 1.165) is 47.8 Å². The number of nitrogens with zero attached hydrogens (tertiary/aromatic N) is 4. The highest BCUT2D eigenvalue weighted by Gasteiger charge is 2.36. The van der Waals surface area contributed by atoms with Gasteiger partial charge < -0.3 is 9.64 Å². The Morgan fingerprint density at radius 2 is 1.94 bits per heavy atom. The van der Waals surface area contributed by atoms with E-state index < -0.39 is 0 Å². The summed E-state index contributed by atoms with van der Waals surface area (Å²) in [4.78, 5) is 19.0. The minimum Gasteiger partial charge on any atom is -0.497 e. The Bertz CT molecular complexity index is 1060. The van der Waals surface area contributed by atoms with Crippen molar-refractivity contribution < 1.29 is 9.53 Å². The first-order valence-corrected chi connectivity index (χ1v) is 11.2. The number of anilines is 1. The monoisotopic (exact) mass is 436 g/mol. The Hall–Kier alpha value is -2.80. The summed E-state index contributed by atoms with van der Waals surface area (Å²) >= 11 is 1.32. The molecule has 2 heterocycles. The first-order valence-electron chi connectivity index (χ1n) is 10.4. The van der Waals surface area contributed by atoms with Crippen molar-refractivity contribution in [3.05, 3.63) is 59.2 Å². The molecule has 2 aliphatic heterocycles. The predicted octanol–water partition coefficient (Wildman–Crippen LogP) is 4.81. The van der Waals surface area contributed by atoms with Crippen LogP contribution in [0, 0.1) is 0 Å². The summed E-state index contributed by atoms with van der Waals surface area (Å²) in [5, 5.41) is 6.01. The molecule has 0 saturated heterocycles. The van der Waals surface area contributed by atoms with Gasteiger partial charge in [-0.2, -0.15) is 5.10 Å². The number of rotatable bonds is 3. The molecule has 4 rings (SSSR count). The highest BCUT2D eigenvalue weighted by molar-refractivity contribution is 8.15. The molecule has 0 aromatic heterocycles. The number of benzene rings is 2. The van der Waals surface area contributed by atoms with E-state index in [4.69, 9.17) is 4.74 Å². The average Bonchev–Trinajstić information content (AvgIpc) is 2.76. The number of aryl methyl sites for hydroxylation is 1. The van der Waals surface area contributed by atoms with E-state index in [9.17, 15) is 4.79 Å². The molecule has 0 N–H and O–H groups in total. The third kappa shape index (κ3) is 4.06. The quantitative estimate of drug-likeness (QED) is 0.512. The second kappa shape index (κ2) is 8.38. The molecule has 0 unspecified atom stereocenters. The first-order chi connectivity index (χ1) is 14.8. The molecule has 1 amide bonds. The molecule has 2 aliphatic rings. The lowest BCUT2D eigenvalue weighted by atomic mass is 9.93. The molecule has 0 saturated carbocycles. The fraction of sp³-hybridized carbons (Fsp3) is 0.375. The Kier molecular flexibility index (Phi) is 5.79. The number of carbonyl (C=O) groups excluding carboxylic acids is 1. The van der Waals surface area contributed by atoms with Crippen LogP contribution in [0.3, 0.4) is 0 Å². The normalized spacial score (nSPS) is 18.5. The van der Waals surface area contributed by atoms with Gasteiger partial charge in [-0.15, -0.1) is 0 Å². The van der Waals surface area contributed by atoms with Crippen LogP contribution in [0.4, 0.5) is 10.5 Å². The van der Waals surface area contributed by atoms with Gasteiger partial charge in [-0.05, 0) is 74.2 Å². The molecular weight excluding hydrogens is 408 g/mol. The number of ether oxygens (including phenoxy) is 1. The number of fused-ring (bicyclic) bond motifs is 1. The Morgan fingerprint density at radius 3 is 2.61 bits per heavy atom. The Morgan fingerprint density at radius 1 is 1.19 bits per heavy atom. The fourth-order valence-corrected chi connectivity index (χ4v) is 5.02. The van der Waals surface area contributed by atoms with Crippen LogP contribution in [0.25, 0.3) is 0 Å². The van der Waals surface area contributed by atoms with Crippen LogP contribution >= 0.6 is 11.8 Å². The van der Waals surface area contributed by atoms with E-state index in [1.54, 1.807) is 14.2 Å². The zero-order valence-electron chi connectivity index (χ0n) is 18.7.